The van der Waals surface area contributed by atoms with Crippen molar-refractivity contribution in [3.05, 3.63) is 32.6 Å². The Kier molecular flexibility index (Phi) is 5.65. The van der Waals surface area contributed by atoms with E-state index in [1.54, 1.807) is 0 Å². The van der Waals surface area contributed by atoms with Gasteiger partial charge in [-0.05, 0) is 6.92 Å². The van der Waals surface area contributed by atoms with Crippen LogP contribution in [-0.2, 0) is 28.5 Å². The van der Waals surface area contributed by atoms with Crippen molar-refractivity contribution >= 4 is 16.3 Å². The van der Waals surface area contributed by atoms with E-state index < -0.39 is 46.0 Å². The molecule has 140 valence electrons. The molecule has 1 fully saturated rings. The molecular formula is C13H18N2O9S. The Balaban J connectivity index is 2.25. The van der Waals surface area contributed by atoms with Gasteiger partial charge in [0.1, 0.15) is 25.0 Å². The fourth-order valence-electron chi connectivity index (χ4n) is 2.36. The van der Waals surface area contributed by atoms with Crippen LogP contribution in [0.3, 0.4) is 0 Å². The van der Waals surface area contributed by atoms with Crippen LogP contribution in [0.2, 0.25) is 0 Å². The van der Waals surface area contributed by atoms with Gasteiger partial charge in [0, 0.05) is 18.2 Å². The summed E-state index contributed by atoms with van der Waals surface area (Å²) in [4.78, 5) is 36.6. The van der Waals surface area contributed by atoms with E-state index in [0.717, 1.165) is 17.9 Å². The van der Waals surface area contributed by atoms with Crippen molar-refractivity contribution in [2.45, 2.75) is 31.8 Å². The van der Waals surface area contributed by atoms with Gasteiger partial charge in [0.2, 0.25) is 0 Å². The maximum Gasteiger partial charge on any atom is 0.508 e. The second kappa shape index (κ2) is 7.37. The molecule has 0 saturated carbocycles. The molecule has 1 N–H and O–H groups in total. The Hall–Kier alpha value is -2.18. The highest BCUT2D eigenvalue weighted by Gasteiger charge is 2.40. The molecule has 0 bridgehead atoms. The first-order chi connectivity index (χ1) is 11.6. The second-order valence-corrected chi connectivity index (χ2v) is 7.05. The number of ether oxygens (including phenoxy) is 3. The molecule has 1 aromatic heterocycles. The molecule has 0 aliphatic carbocycles. The van der Waals surface area contributed by atoms with Crippen molar-refractivity contribution in [3.63, 3.8) is 0 Å². The van der Waals surface area contributed by atoms with E-state index in [-0.39, 0.29) is 18.6 Å². The zero-order valence-electron chi connectivity index (χ0n) is 13.8. The molecule has 2 heterocycles. The minimum atomic E-state index is -3.81. The molecule has 0 unspecified atom stereocenters. The van der Waals surface area contributed by atoms with Crippen LogP contribution >= 0.6 is 0 Å². The third-order valence-corrected chi connectivity index (χ3v) is 4.06. The molecule has 2 rings (SSSR count). The first-order valence-corrected chi connectivity index (χ1v) is 8.99. The normalized spacial score (nSPS) is 23.4. The number of carbonyl (C=O) groups excluding carboxylic acids is 1. The standard InChI is InChI=1S/C13H18N2O9S/c1-7-5-15(12(17)14-11(7)16)10-4-8(24-25(3,19)20)9(23-10)6-22-13(18)21-2/h5,8-10H,4,6H2,1-3H3,(H,14,16,17)/t8-,9-,10-/m1/s1. The zero-order chi connectivity index (χ0) is 18.8. The van der Waals surface area contributed by atoms with E-state index in [2.05, 4.69) is 9.72 Å². The summed E-state index contributed by atoms with van der Waals surface area (Å²) in [6.45, 7) is 1.17. The second-order valence-electron chi connectivity index (χ2n) is 5.45. The van der Waals surface area contributed by atoms with Gasteiger partial charge in [-0.2, -0.15) is 8.42 Å². The van der Waals surface area contributed by atoms with Crippen LogP contribution in [0.25, 0.3) is 0 Å². The molecule has 25 heavy (non-hydrogen) atoms. The van der Waals surface area contributed by atoms with Crippen molar-refractivity contribution in [1.29, 1.82) is 0 Å². The summed E-state index contributed by atoms with van der Waals surface area (Å²) in [6.07, 6.45) is -1.64. The van der Waals surface area contributed by atoms with Crippen molar-refractivity contribution in [1.82, 2.24) is 9.55 Å². The van der Waals surface area contributed by atoms with Gasteiger partial charge in [-0.25, -0.2) is 9.59 Å². The van der Waals surface area contributed by atoms with Crippen LogP contribution < -0.4 is 11.2 Å². The Bertz CT molecular complexity index is 857. The Morgan fingerprint density at radius 2 is 2.12 bits per heavy atom. The van der Waals surface area contributed by atoms with Gasteiger partial charge in [0.15, 0.2) is 0 Å². The summed E-state index contributed by atoms with van der Waals surface area (Å²) in [5, 5.41) is 0. The maximum atomic E-state index is 12.0. The minimum Gasteiger partial charge on any atom is -0.438 e. The number of hydrogen-bond donors (Lipinski definition) is 1. The molecule has 1 saturated heterocycles. The lowest BCUT2D eigenvalue weighted by Gasteiger charge is -2.17. The van der Waals surface area contributed by atoms with Crippen LogP contribution in [0.5, 0.6) is 0 Å². The van der Waals surface area contributed by atoms with Gasteiger partial charge in [-0.1, -0.05) is 0 Å². The fourth-order valence-corrected chi connectivity index (χ4v) is 3.01. The van der Waals surface area contributed by atoms with Crippen molar-refractivity contribution in [2.75, 3.05) is 20.0 Å². The van der Waals surface area contributed by atoms with Gasteiger partial charge in [-0.3, -0.25) is 18.5 Å². The summed E-state index contributed by atoms with van der Waals surface area (Å²) in [5.41, 5.74) is -0.972. The molecule has 12 heteroatoms. The van der Waals surface area contributed by atoms with Gasteiger partial charge < -0.3 is 14.2 Å². The van der Waals surface area contributed by atoms with E-state index in [9.17, 15) is 22.8 Å². The number of aromatic nitrogens is 2. The first-order valence-electron chi connectivity index (χ1n) is 7.17. The summed E-state index contributed by atoms with van der Waals surface area (Å²) in [7, 11) is -2.69. The lowest BCUT2D eigenvalue weighted by Crippen LogP contribution is -2.33. The molecule has 0 spiro atoms. The third kappa shape index (κ3) is 4.90. The number of H-pyrrole nitrogens is 1. The molecule has 0 aromatic carbocycles. The van der Waals surface area contributed by atoms with Gasteiger partial charge in [0.05, 0.1) is 13.4 Å². The molecule has 0 radical (unpaired) electrons. The maximum absolute atomic E-state index is 12.0. The van der Waals surface area contributed by atoms with Crippen molar-refractivity contribution in [2.24, 2.45) is 0 Å². The molecule has 0 amide bonds. The number of aromatic amines is 1. The quantitative estimate of drug-likeness (QED) is 0.517. The molecule has 1 aliphatic rings. The van der Waals surface area contributed by atoms with E-state index in [4.69, 9.17) is 13.7 Å². The van der Waals surface area contributed by atoms with E-state index in [0.29, 0.717) is 0 Å². The number of aryl methyl sites for hydroxylation is 1. The van der Waals surface area contributed by atoms with Gasteiger partial charge in [0.25, 0.3) is 15.7 Å². The Morgan fingerprint density at radius 3 is 2.72 bits per heavy atom. The predicted molar refractivity (Wildman–Crippen MR) is 82.7 cm³/mol. The largest absolute Gasteiger partial charge is 0.508 e. The highest BCUT2D eigenvalue weighted by molar-refractivity contribution is 7.86. The van der Waals surface area contributed by atoms with E-state index in [1.165, 1.54) is 13.1 Å². The van der Waals surface area contributed by atoms with Gasteiger partial charge in [-0.15, -0.1) is 0 Å². The van der Waals surface area contributed by atoms with Crippen LogP contribution in [0.4, 0.5) is 4.79 Å². The van der Waals surface area contributed by atoms with Crippen LogP contribution in [0.1, 0.15) is 18.2 Å². The molecule has 1 aliphatic heterocycles. The topological polar surface area (TPSA) is 143 Å². The average molecular weight is 378 g/mol. The van der Waals surface area contributed by atoms with Gasteiger partial charge >= 0.3 is 11.8 Å². The van der Waals surface area contributed by atoms with Crippen LogP contribution in [-0.4, -0.2) is 56.3 Å². The number of nitrogens with zero attached hydrogens (tertiary/aromatic N) is 1. The zero-order valence-corrected chi connectivity index (χ0v) is 14.6. The third-order valence-electron chi connectivity index (χ3n) is 3.47. The van der Waals surface area contributed by atoms with E-state index in [1.807, 2.05) is 0 Å². The summed E-state index contributed by atoms with van der Waals surface area (Å²) in [5.74, 6) is 0. The van der Waals surface area contributed by atoms with Crippen molar-refractivity contribution < 1.29 is 31.6 Å². The lowest BCUT2D eigenvalue weighted by atomic mass is 10.2. The molecule has 1 aromatic rings. The number of hydrogen-bond acceptors (Lipinski definition) is 9. The average Bonchev–Trinajstić information content (AvgIpc) is 2.89. The van der Waals surface area contributed by atoms with Crippen LogP contribution in [0.15, 0.2) is 15.8 Å². The highest BCUT2D eigenvalue weighted by atomic mass is 32.2. The highest BCUT2D eigenvalue weighted by Crippen LogP contribution is 2.31. The smallest absolute Gasteiger partial charge is 0.438 e. The number of rotatable bonds is 5. The molecule has 3 atom stereocenters. The number of methoxy groups -OCH3 is 1. The SMILES string of the molecule is COC(=O)OC[C@H]1O[C@@H](n2cc(C)c(=O)[nH]c2=O)C[C@H]1OS(C)(=O)=O. The number of carbonyl (C=O) groups is 1. The Morgan fingerprint density at radius 1 is 1.44 bits per heavy atom. The monoisotopic (exact) mass is 378 g/mol. The van der Waals surface area contributed by atoms with Crippen molar-refractivity contribution in [3.8, 4) is 0 Å². The Labute approximate surface area is 142 Å². The lowest BCUT2D eigenvalue weighted by molar-refractivity contribution is -0.0526. The summed E-state index contributed by atoms with van der Waals surface area (Å²) < 4.78 is 43.6. The molecular weight excluding hydrogens is 360 g/mol. The minimum absolute atomic E-state index is 0.00629. The van der Waals surface area contributed by atoms with Crippen LogP contribution in [0, 0.1) is 6.92 Å². The molecule has 11 nitrogen and oxygen atoms in total. The number of nitrogens with one attached hydrogen (secondary N) is 1. The summed E-state index contributed by atoms with van der Waals surface area (Å²) >= 11 is 0. The van der Waals surface area contributed by atoms with E-state index >= 15 is 0 Å². The fraction of sp³-hybridized carbons (Fsp3) is 0.615. The predicted octanol–water partition coefficient (Wildman–Crippen LogP) is -0.740. The summed E-state index contributed by atoms with van der Waals surface area (Å²) in [6, 6.07) is 0. The first kappa shape index (κ1) is 19.1.